The summed E-state index contributed by atoms with van der Waals surface area (Å²) in [6, 6.07) is 11.0. The van der Waals surface area contributed by atoms with Gasteiger partial charge < -0.3 is 9.64 Å². The number of esters is 1. The van der Waals surface area contributed by atoms with E-state index in [1.54, 1.807) is 36.1 Å². The molecule has 0 bridgehead atoms. The number of hydrogen-bond acceptors (Lipinski definition) is 5. The van der Waals surface area contributed by atoms with Crippen LogP contribution in [0.5, 0.6) is 0 Å². The number of rotatable bonds is 5. The summed E-state index contributed by atoms with van der Waals surface area (Å²) in [5, 5.41) is 0. The summed E-state index contributed by atoms with van der Waals surface area (Å²) >= 11 is 0. The van der Waals surface area contributed by atoms with Crippen LogP contribution in [0.2, 0.25) is 0 Å². The number of likely N-dealkylation sites (tertiary alicyclic amines) is 1. The Kier molecular flexibility index (Phi) is 6.47. The number of hydrogen-bond donors (Lipinski definition) is 1. The van der Waals surface area contributed by atoms with E-state index in [1.165, 1.54) is 19.2 Å². The molecule has 1 N–H and O–H groups in total. The second-order valence-corrected chi connectivity index (χ2v) is 10.7. The van der Waals surface area contributed by atoms with Crippen molar-refractivity contribution in [3.8, 4) is 0 Å². The number of aryl methyl sites for hydroxylation is 2. The van der Waals surface area contributed by atoms with Crippen LogP contribution < -0.4 is 4.72 Å². The molecule has 0 radical (unpaired) electrons. The minimum atomic E-state index is -3.90. The quantitative estimate of drug-likeness (QED) is 0.666. The molecule has 1 saturated heterocycles. The van der Waals surface area contributed by atoms with E-state index in [-0.39, 0.29) is 22.8 Å². The van der Waals surface area contributed by atoms with E-state index in [2.05, 4.69) is 4.72 Å². The summed E-state index contributed by atoms with van der Waals surface area (Å²) < 4.78 is 33.7. The number of carbonyl (C=O) groups excluding carboxylic acids is 2. The van der Waals surface area contributed by atoms with Gasteiger partial charge in [-0.1, -0.05) is 31.0 Å². The number of methoxy groups -OCH3 is 1. The standard InChI is InChI=1S/C25H30N2O5S/c1-16-7-6-9-19(13-16)26-33(30,31)20-12-11-17(2)21(15-20)24(28)27-22-10-5-4-8-18(22)14-23(27)25(29)32-3/h6-7,9,11-13,15,18,22-23,26H,4-5,8,10,14H2,1-3H3. The molecule has 1 heterocycles. The van der Waals surface area contributed by atoms with Gasteiger partial charge >= 0.3 is 5.97 Å². The molecule has 1 amide bonds. The Balaban J connectivity index is 1.68. The minimum absolute atomic E-state index is 0.00645. The van der Waals surface area contributed by atoms with E-state index in [9.17, 15) is 18.0 Å². The molecule has 3 atom stereocenters. The average molecular weight is 471 g/mol. The fourth-order valence-electron chi connectivity index (χ4n) is 5.16. The van der Waals surface area contributed by atoms with Crippen molar-refractivity contribution in [2.45, 2.75) is 62.9 Å². The van der Waals surface area contributed by atoms with Gasteiger partial charge in [-0.25, -0.2) is 13.2 Å². The Labute approximate surface area is 195 Å². The molecule has 2 aliphatic rings. The van der Waals surface area contributed by atoms with Crippen LogP contribution in [0, 0.1) is 19.8 Å². The molecule has 176 valence electrons. The zero-order valence-electron chi connectivity index (χ0n) is 19.2. The van der Waals surface area contributed by atoms with Gasteiger partial charge in [-0.2, -0.15) is 0 Å². The Morgan fingerprint density at radius 1 is 1.06 bits per heavy atom. The first-order valence-electron chi connectivity index (χ1n) is 11.3. The monoisotopic (exact) mass is 470 g/mol. The van der Waals surface area contributed by atoms with Crippen molar-refractivity contribution in [2.24, 2.45) is 5.92 Å². The molecular weight excluding hydrogens is 440 g/mol. The van der Waals surface area contributed by atoms with E-state index in [1.807, 2.05) is 13.0 Å². The van der Waals surface area contributed by atoms with E-state index in [0.29, 0.717) is 23.2 Å². The third-order valence-electron chi connectivity index (χ3n) is 6.82. The third kappa shape index (κ3) is 4.62. The van der Waals surface area contributed by atoms with Crippen molar-refractivity contribution in [1.29, 1.82) is 0 Å². The Morgan fingerprint density at radius 3 is 2.55 bits per heavy atom. The molecular formula is C25H30N2O5S. The molecule has 2 aromatic carbocycles. The number of nitrogens with one attached hydrogen (secondary N) is 1. The molecule has 33 heavy (non-hydrogen) atoms. The van der Waals surface area contributed by atoms with E-state index in [4.69, 9.17) is 4.74 Å². The van der Waals surface area contributed by atoms with Gasteiger partial charge in [0.1, 0.15) is 6.04 Å². The van der Waals surface area contributed by atoms with E-state index < -0.39 is 22.0 Å². The lowest BCUT2D eigenvalue weighted by Crippen LogP contribution is -2.46. The van der Waals surface area contributed by atoms with Gasteiger partial charge in [0.25, 0.3) is 15.9 Å². The number of amides is 1. The number of benzene rings is 2. The highest BCUT2D eigenvalue weighted by molar-refractivity contribution is 7.92. The first-order valence-corrected chi connectivity index (χ1v) is 12.8. The van der Waals surface area contributed by atoms with Crippen molar-refractivity contribution < 1.29 is 22.7 Å². The molecule has 1 saturated carbocycles. The number of sulfonamides is 1. The van der Waals surface area contributed by atoms with Crippen LogP contribution in [0.25, 0.3) is 0 Å². The highest BCUT2D eigenvalue weighted by Crippen LogP contribution is 2.41. The van der Waals surface area contributed by atoms with Crippen molar-refractivity contribution in [1.82, 2.24) is 4.90 Å². The van der Waals surface area contributed by atoms with Gasteiger partial charge in [0.05, 0.1) is 12.0 Å². The van der Waals surface area contributed by atoms with Gasteiger partial charge in [-0.15, -0.1) is 0 Å². The smallest absolute Gasteiger partial charge is 0.328 e. The topological polar surface area (TPSA) is 92.8 Å². The SMILES string of the molecule is COC(=O)C1CC2CCCCC2N1C(=O)c1cc(S(=O)(=O)Nc2cccc(C)c2)ccc1C. The highest BCUT2D eigenvalue weighted by atomic mass is 32.2. The normalized spacial score (nSPS) is 22.5. The molecule has 0 spiro atoms. The number of anilines is 1. The summed E-state index contributed by atoms with van der Waals surface area (Å²) in [6.45, 7) is 3.66. The molecule has 3 unspecified atom stereocenters. The summed E-state index contributed by atoms with van der Waals surface area (Å²) in [7, 11) is -2.56. The molecule has 8 heteroatoms. The summed E-state index contributed by atoms with van der Waals surface area (Å²) in [6.07, 6.45) is 4.52. The maximum absolute atomic E-state index is 13.7. The van der Waals surface area contributed by atoms with Gasteiger partial charge in [0.15, 0.2) is 0 Å². The molecule has 4 rings (SSSR count). The lowest BCUT2D eigenvalue weighted by molar-refractivity contribution is -0.145. The van der Waals surface area contributed by atoms with Crippen molar-refractivity contribution in [2.75, 3.05) is 11.8 Å². The second-order valence-electron chi connectivity index (χ2n) is 9.05. The van der Waals surface area contributed by atoms with Gasteiger partial charge in [-0.3, -0.25) is 9.52 Å². The fraction of sp³-hybridized carbons (Fsp3) is 0.440. The van der Waals surface area contributed by atoms with Crippen LogP contribution in [-0.4, -0.2) is 44.4 Å². The van der Waals surface area contributed by atoms with Crippen molar-refractivity contribution in [3.63, 3.8) is 0 Å². The zero-order chi connectivity index (χ0) is 23.8. The van der Waals surface area contributed by atoms with Crippen molar-refractivity contribution in [3.05, 3.63) is 59.2 Å². The third-order valence-corrected chi connectivity index (χ3v) is 8.19. The molecule has 1 aliphatic heterocycles. The first kappa shape index (κ1) is 23.3. The molecule has 1 aliphatic carbocycles. The van der Waals surface area contributed by atoms with Crippen LogP contribution in [0.15, 0.2) is 47.4 Å². The van der Waals surface area contributed by atoms with Crippen LogP contribution >= 0.6 is 0 Å². The average Bonchev–Trinajstić information content (AvgIpc) is 3.17. The number of ether oxygens (including phenoxy) is 1. The van der Waals surface area contributed by atoms with Gasteiger partial charge in [0.2, 0.25) is 0 Å². The predicted molar refractivity (Wildman–Crippen MR) is 126 cm³/mol. The molecule has 2 aromatic rings. The highest BCUT2D eigenvalue weighted by Gasteiger charge is 2.48. The first-order chi connectivity index (χ1) is 15.7. The number of nitrogens with zero attached hydrogens (tertiary/aromatic N) is 1. The zero-order valence-corrected chi connectivity index (χ0v) is 20.0. The van der Waals surface area contributed by atoms with Crippen LogP contribution in [0.1, 0.15) is 53.6 Å². The largest absolute Gasteiger partial charge is 0.467 e. The minimum Gasteiger partial charge on any atom is -0.467 e. The number of fused-ring (bicyclic) bond motifs is 1. The maximum Gasteiger partial charge on any atom is 0.328 e. The van der Waals surface area contributed by atoms with Crippen LogP contribution in [0.4, 0.5) is 5.69 Å². The Hall–Kier alpha value is -2.87. The van der Waals surface area contributed by atoms with Crippen LogP contribution in [0.3, 0.4) is 0 Å². The van der Waals surface area contributed by atoms with E-state index in [0.717, 1.165) is 31.2 Å². The Bertz CT molecular complexity index is 1180. The number of carbonyl (C=O) groups is 2. The molecule has 0 aromatic heterocycles. The summed E-state index contributed by atoms with van der Waals surface area (Å²) in [4.78, 5) is 27.9. The summed E-state index contributed by atoms with van der Waals surface area (Å²) in [5.74, 6) is -0.466. The molecule has 2 fully saturated rings. The lowest BCUT2D eigenvalue weighted by Gasteiger charge is -2.33. The molecule has 7 nitrogen and oxygen atoms in total. The van der Waals surface area contributed by atoms with Gasteiger partial charge in [0, 0.05) is 17.3 Å². The Morgan fingerprint density at radius 2 is 1.82 bits per heavy atom. The second kappa shape index (κ2) is 9.17. The van der Waals surface area contributed by atoms with Gasteiger partial charge in [-0.05, 0) is 74.4 Å². The van der Waals surface area contributed by atoms with Crippen LogP contribution in [-0.2, 0) is 19.6 Å². The van der Waals surface area contributed by atoms with E-state index >= 15 is 0 Å². The summed E-state index contributed by atoms with van der Waals surface area (Å²) in [5.41, 5.74) is 2.35. The fourth-order valence-corrected chi connectivity index (χ4v) is 6.23. The predicted octanol–water partition coefficient (Wildman–Crippen LogP) is 4.05. The van der Waals surface area contributed by atoms with Crippen molar-refractivity contribution >= 4 is 27.6 Å². The maximum atomic E-state index is 13.7. The lowest BCUT2D eigenvalue weighted by atomic mass is 9.84.